The molecule has 0 unspecified atom stereocenters. The molecule has 4 heteroatoms. The minimum absolute atomic E-state index is 0.254. The summed E-state index contributed by atoms with van der Waals surface area (Å²) in [6.07, 6.45) is 3.13. The first-order valence-electron chi connectivity index (χ1n) is 5.59. The van der Waals surface area contributed by atoms with Gasteiger partial charge in [-0.2, -0.15) is 0 Å². The summed E-state index contributed by atoms with van der Waals surface area (Å²) in [5.41, 5.74) is 1.07. The monoisotopic (exact) mass is 235 g/mol. The maximum absolute atomic E-state index is 12.9. The quantitative estimate of drug-likeness (QED) is 0.495. The van der Waals surface area contributed by atoms with Crippen molar-refractivity contribution < 1.29 is 13.9 Å². The van der Waals surface area contributed by atoms with Crippen molar-refractivity contribution in [3.63, 3.8) is 0 Å². The van der Waals surface area contributed by atoms with Gasteiger partial charge in [0, 0.05) is 12.6 Å². The third-order valence-electron chi connectivity index (χ3n) is 2.56. The summed E-state index contributed by atoms with van der Waals surface area (Å²) in [6, 6.07) is 5.60. The van der Waals surface area contributed by atoms with Gasteiger partial charge < -0.3 is 10.1 Å². The molecular formula is C13H14FNO2. The summed E-state index contributed by atoms with van der Waals surface area (Å²) < 4.78 is 17.9. The fourth-order valence-corrected chi connectivity index (χ4v) is 1.71. The number of ether oxygens (including phenoxy) is 1. The Morgan fingerprint density at radius 3 is 3.06 bits per heavy atom. The van der Waals surface area contributed by atoms with Gasteiger partial charge in [0.15, 0.2) is 0 Å². The molecule has 0 amide bonds. The van der Waals surface area contributed by atoms with Crippen molar-refractivity contribution in [2.24, 2.45) is 0 Å². The second-order valence-electron chi connectivity index (χ2n) is 3.92. The van der Waals surface area contributed by atoms with E-state index in [9.17, 15) is 9.18 Å². The maximum Gasteiger partial charge on any atom is 0.315 e. The highest BCUT2D eigenvalue weighted by molar-refractivity contribution is 5.75. The van der Waals surface area contributed by atoms with Crippen molar-refractivity contribution in [3.05, 3.63) is 41.7 Å². The molecular weight excluding hydrogens is 221 g/mol. The summed E-state index contributed by atoms with van der Waals surface area (Å²) in [7, 11) is 0. The third kappa shape index (κ3) is 3.67. The minimum atomic E-state index is -0.406. The molecule has 1 aliphatic heterocycles. The van der Waals surface area contributed by atoms with Crippen LogP contribution in [0.3, 0.4) is 0 Å². The zero-order valence-electron chi connectivity index (χ0n) is 9.41. The number of rotatable bonds is 3. The van der Waals surface area contributed by atoms with E-state index in [2.05, 4.69) is 5.32 Å². The molecule has 0 saturated heterocycles. The summed E-state index contributed by atoms with van der Waals surface area (Å²) in [5, 5.41) is 3.17. The SMILES string of the molecule is O=C(CC1=CCNCC1)Oc1cccc(F)c1. The van der Waals surface area contributed by atoms with Crippen LogP contribution >= 0.6 is 0 Å². The van der Waals surface area contributed by atoms with Crippen LogP contribution in [0, 0.1) is 5.82 Å². The van der Waals surface area contributed by atoms with Crippen molar-refractivity contribution in [2.45, 2.75) is 12.8 Å². The largest absolute Gasteiger partial charge is 0.426 e. The zero-order chi connectivity index (χ0) is 12.1. The lowest BCUT2D eigenvalue weighted by molar-refractivity contribution is -0.133. The highest BCUT2D eigenvalue weighted by Gasteiger charge is 2.10. The van der Waals surface area contributed by atoms with Crippen molar-refractivity contribution in [3.8, 4) is 5.75 Å². The van der Waals surface area contributed by atoms with E-state index in [1.807, 2.05) is 6.08 Å². The number of hydrogen-bond acceptors (Lipinski definition) is 3. The Hall–Kier alpha value is -1.68. The normalized spacial score (nSPS) is 15.2. The van der Waals surface area contributed by atoms with Crippen molar-refractivity contribution >= 4 is 5.97 Å². The summed E-state index contributed by atoms with van der Waals surface area (Å²) in [4.78, 5) is 11.6. The van der Waals surface area contributed by atoms with Crippen LogP contribution in [0.15, 0.2) is 35.9 Å². The van der Waals surface area contributed by atoms with Gasteiger partial charge in [-0.3, -0.25) is 4.79 Å². The van der Waals surface area contributed by atoms with Gasteiger partial charge >= 0.3 is 5.97 Å². The number of benzene rings is 1. The molecule has 3 nitrogen and oxygen atoms in total. The Balaban J connectivity index is 1.91. The second kappa shape index (κ2) is 5.59. The molecule has 0 aromatic heterocycles. The Kier molecular flexibility index (Phi) is 3.88. The molecule has 0 aliphatic carbocycles. The molecule has 2 rings (SSSR count). The molecule has 0 spiro atoms. The Bertz CT molecular complexity index is 443. The summed E-state index contributed by atoms with van der Waals surface area (Å²) in [5.74, 6) is -0.496. The molecule has 0 saturated carbocycles. The molecule has 0 bridgehead atoms. The van der Waals surface area contributed by atoms with E-state index in [0.29, 0.717) is 0 Å². The molecule has 1 heterocycles. The van der Waals surface area contributed by atoms with Gasteiger partial charge in [-0.05, 0) is 25.1 Å². The van der Waals surface area contributed by atoms with Crippen LogP contribution < -0.4 is 10.1 Å². The van der Waals surface area contributed by atoms with Gasteiger partial charge in [0.2, 0.25) is 0 Å². The highest BCUT2D eigenvalue weighted by Crippen LogP contribution is 2.15. The molecule has 1 aliphatic rings. The van der Waals surface area contributed by atoms with Crippen LogP contribution in [-0.2, 0) is 4.79 Å². The van der Waals surface area contributed by atoms with Crippen molar-refractivity contribution in [1.29, 1.82) is 0 Å². The zero-order valence-corrected chi connectivity index (χ0v) is 9.41. The standard InChI is InChI=1S/C13H14FNO2/c14-11-2-1-3-12(9-11)17-13(16)8-10-4-6-15-7-5-10/h1-4,9,15H,5-8H2. The number of hydrogen-bond donors (Lipinski definition) is 1. The van der Waals surface area contributed by atoms with E-state index < -0.39 is 5.82 Å². The predicted octanol–water partition coefficient (Wildman–Crippen LogP) is 2.04. The van der Waals surface area contributed by atoms with Crippen LogP contribution in [0.25, 0.3) is 0 Å². The van der Waals surface area contributed by atoms with Gasteiger partial charge in [-0.1, -0.05) is 17.7 Å². The minimum Gasteiger partial charge on any atom is -0.426 e. The first-order chi connectivity index (χ1) is 8.24. The van der Waals surface area contributed by atoms with Gasteiger partial charge in [-0.25, -0.2) is 4.39 Å². The maximum atomic E-state index is 12.9. The van der Waals surface area contributed by atoms with E-state index in [1.165, 1.54) is 18.2 Å². The van der Waals surface area contributed by atoms with E-state index in [1.54, 1.807) is 6.07 Å². The second-order valence-corrected chi connectivity index (χ2v) is 3.92. The number of carbonyl (C=O) groups excluding carboxylic acids is 1. The lowest BCUT2D eigenvalue weighted by Gasteiger charge is -2.13. The fraction of sp³-hybridized carbons (Fsp3) is 0.308. The van der Waals surface area contributed by atoms with Gasteiger partial charge in [0.1, 0.15) is 11.6 Å². The van der Waals surface area contributed by atoms with E-state index in [4.69, 9.17) is 4.74 Å². The molecule has 0 fully saturated rings. The van der Waals surface area contributed by atoms with Crippen LogP contribution in [0.5, 0.6) is 5.75 Å². The third-order valence-corrected chi connectivity index (χ3v) is 2.56. The number of halogens is 1. The average Bonchev–Trinajstić information content (AvgIpc) is 2.30. The highest BCUT2D eigenvalue weighted by atomic mass is 19.1. The molecule has 90 valence electrons. The first-order valence-corrected chi connectivity index (χ1v) is 5.59. The first kappa shape index (κ1) is 11.8. The number of esters is 1. The molecule has 1 N–H and O–H groups in total. The lowest BCUT2D eigenvalue weighted by atomic mass is 10.1. The smallest absolute Gasteiger partial charge is 0.315 e. The Morgan fingerprint density at radius 2 is 2.35 bits per heavy atom. The lowest BCUT2D eigenvalue weighted by Crippen LogP contribution is -2.22. The van der Waals surface area contributed by atoms with Crippen LogP contribution in [0.1, 0.15) is 12.8 Å². The summed E-state index contributed by atoms with van der Waals surface area (Å²) in [6.45, 7) is 1.68. The molecule has 0 atom stereocenters. The van der Waals surface area contributed by atoms with Crippen LogP contribution in [0.4, 0.5) is 4.39 Å². The van der Waals surface area contributed by atoms with Gasteiger partial charge in [0.25, 0.3) is 0 Å². The fourth-order valence-electron chi connectivity index (χ4n) is 1.71. The number of nitrogens with one attached hydrogen (secondary N) is 1. The van der Waals surface area contributed by atoms with Gasteiger partial charge in [0.05, 0.1) is 6.42 Å². The molecule has 1 aromatic carbocycles. The molecule has 0 radical (unpaired) electrons. The Labute approximate surface area is 99.3 Å². The van der Waals surface area contributed by atoms with Crippen LogP contribution in [-0.4, -0.2) is 19.1 Å². The van der Waals surface area contributed by atoms with Crippen LogP contribution in [0.2, 0.25) is 0 Å². The molecule has 1 aromatic rings. The van der Waals surface area contributed by atoms with Crippen molar-refractivity contribution in [1.82, 2.24) is 5.32 Å². The average molecular weight is 235 g/mol. The van der Waals surface area contributed by atoms with E-state index in [0.717, 1.165) is 25.1 Å². The predicted molar refractivity (Wildman–Crippen MR) is 62.2 cm³/mol. The topological polar surface area (TPSA) is 38.3 Å². The molecule has 17 heavy (non-hydrogen) atoms. The Morgan fingerprint density at radius 1 is 1.47 bits per heavy atom. The van der Waals surface area contributed by atoms with Gasteiger partial charge in [-0.15, -0.1) is 0 Å². The van der Waals surface area contributed by atoms with Crippen molar-refractivity contribution in [2.75, 3.05) is 13.1 Å². The summed E-state index contributed by atoms with van der Waals surface area (Å²) >= 11 is 0. The van der Waals surface area contributed by atoms with E-state index >= 15 is 0 Å². The number of carbonyl (C=O) groups is 1. The van der Waals surface area contributed by atoms with E-state index in [-0.39, 0.29) is 18.1 Å².